The number of thiazole rings is 1. The largest absolute Gasteiger partial charge is 0.476 e. The van der Waals surface area contributed by atoms with E-state index in [0.29, 0.717) is 4.83 Å². The lowest BCUT2D eigenvalue weighted by atomic mass is 10.1. The highest BCUT2D eigenvalue weighted by atomic mass is 32.1. The fourth-order valence-electron chi connectivity index (χ4n) is 1.06. The molecule has 0 aromatic carbocycles. The molecule has 2 aromatic heterocycles. The summed E-state index contributed by atoms with van der Waals surface area (Å²) in [7, 11) is 1.93. The van der Waals surface area contributed by atoms with Crippen LogP contribution in [0.25, 0.3) is 4.83 Å². The monoisotopic (exact) mass is 180 g/mol. The van der Waals surface area contributed by atoms with E-state index >= 15 is 0 Å². The van der Waals surface area contributed by atoms with Gasteiger partial charge in [-0.1, -0.05) is 0 Å². The first-order valence-electron chi connectivity index (χ1n) is 3.35. The van der Waals surface area contributed by atoms with Crippen LogP contribution in [-0.4, -0.2) is 28.3 Å². The molecule has 0 bridgehead atoms. The van der Waals surface area contributed by atoms with Crippen molar-refractivity contribution in [3.05, 3.63) is 18.2 Å². The Morgan fingerprint density at radius 1 is 1.75 bits per heavy atom. The molecular formula is C6H5BN2O2S. The number of imidazole rings is 1. The number of nitrogens with zero attached hydrogens (tertiary/aromatic N) is 2. The highest BCUT2D eigenvalue weighted by Gasteiger charge is 2.12. The minimum Gasteiger partial charge on any atom is -0.476 e. The van der Waals surface area contributed by atoms with Crippen LogP contribution < -0.4 is 4.78 Å². The minimum absolute atomic E-state index is 0.133. The van der Waals surface area contributed by atoms with Gasteiger partial charge in [0.05, 0.1) is 0 Å². The van der Waals surface area contributed by atoms with E-state index in [1.807, 2.05) is 14.0 Å². The molecule has 2 aromatic rings. The first-order valence-corrected chi connectivity index (χ1v) is 4.16. The first kappa shape index (κ1) is 7.36. The van der Waals surface area contributed by atoms with Gasteiger partial charge in [0.25, 0.3) is 0 Å². The van der Waals surface area contributed by atoms with Gasteiger partial charge in [0.15, 0.2) is 13.5 Å². The van der Waals surface area contributed by atoms with Gasteiger partial charge in [0.2, 0.25) is 0 Å². The molecule has 0 spiro atoms. The van der Waals surface area contributed by atoms with Crippen LogP contribution >= 0.6 is 11.3 Å². The molecule has 0 aliphatic rings. The van der Waals surface area contributed by atoms with E-state index in [4.69, 9.17) is 5.11 Å². The average molecular weight is 180 g/mol. The summed E-state index contributed by atoms with van der Waals surface area (Å²) in [5.41, 5.74) is 0.133. The lowest BCUT2D eigenvalue weighted by molar-refractivity contribution is 0.0693. The molecule has 0 saturated heterocycles. The summed E-state index contributed by atoms with van der Waals surface area (Å²) in [5, 5.41) is 8.71. The maximum atomic E-state index is 10.6. The third-order valence-electron chi connectivity index (χ3n) is 1.53. The van der Waals surface area contributed by atoms with Gasteiger partial charge in [0, 0.05) is 6.20 Å². The van der Waals surface area contributed by atoms with E-state index in [-0.39, 0.29) is 5.69 Å². The van der Waals surface area contributed by atoms with Gasteiger partial charge in [-0.2, -0.15) is 0 Å². The number of hydrogen-bond donors (Lipinski definition) is 1. The van der Waals surface area contributed by atoms with Crippen LogP contribution in [0.1, 0.15) is 10.5 Å². The van der Waals surface area contributed by atoms with Crippen molar-refractivity contribution in [1.29, 1.82) is 0 Å². The van der Waals surface area contributed by atoms with E-state index < -0.39 is 5.97 Å². The summed E-state index contributed by atoms with van der Waals surface area (Å²) in [6.07, 6.45) is 3.38. The standard InChI is InChI=1S/C6H5BN2O2S/c7-3-1-9-2-8-4(6(10)11)5(9)12-3/h1-2H,7H2,(H,10,11). The van der Waals surface area contributed by atoms with E-state index in [2.05, 4.69) is 4.98 Å². The van der Waals surface area contributed by atoms with Crippen LogP contribution in [0.4, 0.5) is 0 Å². The molecule has 1 N–H and O–H groups in total. The third kappa shape index (κ3) is 0.920. The number of carboxylic acids is 1. The van der Waals surface area contributed by atoms with E-state index in [1.165, 1.54) is 17.7 Å². The molecule has 0 radical (unpaired) electrons. The van der Waals surface area contributed by atoms with E-state index in [1.54, 1.807) is 4.40 Å². The van der Waals surface area contributed by atoms with Gasteiger partial charge in [-0.3, -0.25) is 4.40 Å². The van der Waals surface area contributed by atoms with Gasteiger partial charge in [0.1, 0.15) is 11.2 Å². The number of fused-ring (bicyclic) bond motifs is 1. The lowest BCUT2D eigenvalue weighted by Gasteiger charge is -1.82. The molecule has 0 saturated carbocycles. The summed E-state index contributed by atoms with van der Waals surface area (Å²) in [6.45, 7) is 0. The van der Waals surface area contributed by atoms with Gasteiger partial charge < -0.3 is 5.11 Å². The Labute approximate surface area is 72.9 Å². The Morgan fingerprint density at radius 2 is 2.50 bits per heavy atom. The Kier molecular flexibility index (Phi) is 1.44. The van der Waals surface area contributed by atoms with Crippen LogP contribution in [0.5, 0.6) is 0 Å². The Balaban J connectivity index is 2.76. The molecule has 0 aliphatic carbocycles. The van der Waals surface area contributed by atoms with E-state index in [9.17, 15) is 4.79 Å². The SMILES string of the molecule is Bc1cn2cnc(C(=O)O)c2s1. The van der Waals surface area contributed by atoms with Crippen molar-refractivity contribution in [3.63, 3.8) is 0 Å². The Morgan fingerprint density at radius 3 is 3.17 bits per heavy atom. The lowest BCUT2D eigenvalue weighted by Crippen LogP contribution is -1.96. The Hall–Kier alpha value is -1.30. The van der Waals surface area contributed by atoms with Gasteiger partial charge >= 0.3 is 5.97 Å². The summed E-state index contributed by atoms with van der Waals surface area (Å²) in [4.78, 5) is 15.1. The summed E-state index contributed by atoms with van der Waals surface area (Å²) in [6, 6.07) is 0. The number of hydrogen-bond acceptors (Lipinski definition) is 3. The second-order valence-corrected chi connectivity index (χ2v) is 3.69. The third-order valence-corrected chi connectivity index (χ3v) is 2.55. The second-order valence-electron chi connectivity index (χ2n) is 2.45. The molecule has 0 fully saturated rings. The van der Waals surface area contributed by atoms with E-state index in [0.717, 1.165) is 4.78 Å². The molecule has 12 heavy (non-hydrogen) atoms. The van der Waals surface area contributed by atoms with Crippen LogP contribution in [-0.2, 0) is 0 Å². The number of rotatable bonds is 1. The maximum absolute atomic E-state index is 10.6. The quantitative estimate of drug-likeness (QED) is 0.593. The predicted molar refractivity (Wildman–Crippen MR) is 48.2 cm³/mol. The summed E-state index contributed by atoms with van der Waals surface area (Å²) in [5.74, 6) is -0.973. The van der Waals surface area contributed by atoms with Gasteiger partial charge in [-0.05, 0) is 4.78 Å². The molecular weight excluding hydrogens is 175 g/mol. The van der Waals surface area contributed by atoms with Crippen molar-refractivity contribution < 1.29 is 9.90 Å². The molecule has 60 valence electrons. The summed E-state index contributed by atoms with van der Waals surface area (Å²) >= 11 is 1.43. The smallest absolute Gasteiger partial charge is 0.357 e. The average Bonchev–Trinajstić information content (AvgIpc) is 2.43. The topological polar surface area (TPSA) is 54.6 Å². The molecule has 2 heterocycles. The second kappa shape index (κ2) is 2.35. The highest BCUT2D eigenvalue weighted by Crippen LogP contribution is 2.13. The number of aromatic carboxylic acids is 1. The van der Waals surface area contributed by atoms with Crippen LogP contribution in [0.3, 0.4) is 0 Å². The Bertz CT molecular complexity index is 447. The van der Waals surface area contributed by atoms with Crippen LogP contribution in [0, 0.1) is 0 Å². The molecule has 0 aliphatic heterocycles. The molecule has 6 heteroatoms. The van der Waals surface area contributed by atoms with Gasteiger partial charge in [-0.15, -0.1) is 11.3 Å². The molecule has 0 unspecified atom stereocenters. The number of carbonyl (C=O) groups is 1. The zero-order valence-electron chi connectivity index (χ0n) is 6.31. The normalized spacial score (nSPS) is 10.7. The minimum atomic E-state index is -0.973. The summed E-state index contributed by atoms with van der Waals surface area (Å²) < 4.78 is 2.80. The van der Waals surface area contributed by atoms with Crippen molar-refractivity contribution in [1.82, 2.24) is 9.38 Å². The first-order chi connectivity index (χ1) is 5.68. The zero-order valence-corrected chi connectivity index (χ0v) is 7.13. The van der Waals surface area contributed by atoms with Crippen molar-refractivity contribution in [2.75, 3.05) is 0 Å². The number of carboxylic acid groups (broad SMARTS) is 1. The van der Waals surface area contributed by atoms with Crippen LogP contribution in [0.2, 0.25) is 0 Å². The van der Waals surface area contributed by atoms with Crippen molar-refractivity contribution in [2.24, 2.45) is 0 Å². The van der Waals surface area contributed by atoms with Crippen molar-refractivity contribution in [3.8, 4) is 0 Å². The van der Waals surface area contributed by atoms with Gasteiger partial charge in [-0.25, -0.2) is 9.78 Å². The highest BCUT2D eigenvalue weighted by molar-refractivity contribution is 7.25. The zero-order chi connectivity index (χ0) is 8.72. The molecule has 0 amide bonds. The van der Waals surface area contributed by atoms with Crippen molar-refractivity contribution in [2.45, 2.75) is 0 Å². The fourth-order valence-corrected chi connectivity index (χ4v) is 1.98. The molecule has 2 rings (SSSR count). The van der Waals surface area contributed by atoms with Crippen molar-refractivity contribution >= 4 is 34.8 Å². The number of aromatic nitrogens is 2. The molecule has 0 atom stereocenters. The molecule has 4 nitrogen and oxygen atoms in total. The maximum Gasteiger partial charge on any atom is 0.357 e. The van der Waals surface area contributed by atoms with Crippen LogP contribution in [0.15, 0.2) is 12.5 Å². The fraction of sp³-hybridized carbons (Fsp3) is 0. The predicted octanol–water partition coefficient (Wildman–Crippen LogP) is -0.648.